The molecule has 0 bridgehead atoms. The first-order valence-corrected chi connectivity index (χ1v) is 24.2. The van der Waals surface area contributed by atoms with Crippen molar-refractivity contribution in [3.8, 4) is 44.5 Å². The molecule has 0 radical (unpaired) electrons. The molecule has 2 aromatic heterocycles. The smallest absolute Gasteiger partial charge is 0.243 e. The van der Waals surface area contributed by atoms with E-state index in [1.54, 1.807) is 0 Å². The van der Waals surface area contributed by atoms with E-state index in [2.05, 4.69) is 207 Å². The molecule has 3 heteroatoms. The molecule has 13 rings (SSSR count). The number of nitrogens with zero attached hydrogens (tertiary/aromatic N) is 2. The predicted octanol–water partition coefficient (Wildman–Crippen LogP) is 14.2. The molecule has 2 nitrogen and oxygen atoms in total. The van der Waals surface area contributed by atoms with E-state index in [0.717, 1.165) is 21.8 Å². The second-order valence-corrected chi connectivity index (χ2v) is 21.9. The maximum absolute atomic E-state index is 4.95. The van der Waals surface area contributed by atoms with Gasteiger partial charge in [0.25, 0.3) is 0 Å². The van der Waals surface area contributed by atoms with E-state index in [0.29, 0.717) is 5.92 Å². The van der Waals surface area contributed by atoms with Gasteiger partial charge >= 0.3 is 0 Å². The zero-order chi connectivity index (χ0) is 45.7. The molecular formula is C64H53BN2. The molecule has 1 unspecified atom stereocenters. The van der Waals surface area contributed by atoms with E-state index in [9.17, 15) is 0 Å². The third-order valence-corrected chi connectivity index (χ3v) is 15.8. The van der Waals surface area contributed by atoms with Crippen molar-refractivity contribution in [3.05, 3.63) is 209 Å². The highest BCUT2D eigenvalue weighted by atomic mass is 14.7. The van der Waals surface area contributed by atoms with Gasteiger partial charge in [-0.3, -0.25) is 9.97 Å². The average molecular weight is 861 g/mol. The molecule has 322 valence electrons. The van der Waals surface area contributed by atoms with Crippen LogP contribution < -0.4 is 16.4 Å². The van der Waals surface area contributed by atoms with Crippen molar-refractivity contribution < 1.29 is 0 Å². The first-order valence-electron chi connectivity index (χ1n) is 24.2. The summed E-state index contributed by atoms with van der Waals surface area (Å²) in [5.74, 6) is 0.408. The van der Waals surface area contributed by atoms with Crippen LogP contribution in [0.15, 0.2) is 170 Å². The lowest BCUT2D eigenvalue weighted by molar-refractivity contribution is 0.586. The topological polar surface area (TPSA) is 25.8 Å². The fraction of sp³-hybridized carbons (Fsp3) is 0.188. The highest BCUT2D eigenvalue weighted by molar-refractivity contribution is 7.00. The van der Waals surface area contributed by atoms with Crippen molar-refractivity contribution in [1.82, 2.24) is 9.97 Å². The maximum atomic E-state index is 4.95. The molecule has 2 aliphatic carbocycles. The molecule has 0 N–H and O–H groups in total. The summed E-state index contributed by atoms with van der Waals surface area (Å²) >= 11 is 0. The molecular weight excluding hydrogens is 808 g/mol. The Morgan fingerprint density at radius 2 is 0.985 bits per heavy atom. The fourth-order valence-corrected chi connectivity index (χ4v) is 12.4. The van der Waals surface area contributed by atoms with Gasteiger partial charge < -0.3 is 0 Å². The molecule has 8 aromatic carbocycles. The number of rotatable bonds is 3. The highest BCUT2D eigenvalue weighted by Crippen LogP contribution is 2.64. The molecule has 67 heavy (non-hydrogen) atoms. The van der Waals surface area contributed by atoms with E-state index < -0.39 is 5.41 Å². The van der Waals surface area contributed by atoms with Crippen LogP contribution in [-0.2, 0) is 16.2 Å². The summed E-state index contributed by atoms with van der Waals surface area (Å²) in [6.45, 7) is 18.8. The van der Waals surface area contributed by atoms with Crippen LogP contribution in [0.2, 0.25) is 0 Å². The van der Waals surface area contributed by atoms with Gasteiger partial charge in [0.05, 0.1) is 16.4 Å². The minimum absolute atomic E-state index is 0.00315. The Bertz CT molecular complexity index is 3690. The van der Waals surface area contributed by atoms with Crippen LogP contribution in [0.5, 0.6) is 0 Å². The summed E-state index contributed by atoms with van der Waals surface area (Å²) in [7, 11) is 0. The third-order valence-electron chi connectivity index (χ3n) is 15.8. The lowest BCUT2D eigenvalue weighted by Gasteiger charge is -2.33. The number of benzene rings is 8. The lowest BCUT2D eigenvalue weighted by atomic mass is 9.38. The number of fused-ring (bicyclic) bond motifs is 20. The number of pyridine rings is 2. The molecule has 10 aromatic rings. The zero-order valence-electron chi connectivity index (χ0n) is 39.7. The first-order chi connectivity index (χ1) is 32.3. The molecule has 1 aliphatic heterocycles. The van der Waals surface area contributed by atoms with E-state index in [4.69, 9.17) is 9.97 Å². The number of aromatic nitrogens is 2. The summed E-state index contributed by atoms with van der Waals surface area (Å²) in [5.41, 5.74) is 25.6. The quantitative estimate of drug-likeness (QED) is 0.131. The van der Waals surface area contributed by atoms with Crippen molar-refractivity contribution in [2.75, 3.05) is 0 Å². The molecule has 0 saturated heterocycles. The first kappa shape index (κ1) is 40.2. The molecule has 0 fully saturated rings. The number of hydrogen-bond acceptors (Lipinski definition) is 2. The molecule has 0 saturated carbocycles. The van der Waals surface area contributed by atoms with Crippen LogP contribution in [0.25, 0.3) is 77.1 Å². The van der Waals surface area contributed by atoms with Crippen LogP contribution in [0, 0.1) is 0 Å². The van der Waals surface area contributed by atoms with E-state index in [-0.39, 0.29) is 17.5 Å². The van der Waals surface area contributed by atoms with Crippen molar-refractivity contribution in [3.63, 3.8) is 0 Å². The average Bonchev–Trinajstić information content (AvgIpc) is 3.94. The zero-order valence-corrected chi connectivity index (χ0v) is 39.7. The Labute approximate surface area is 394 Å². The van der Waals surface area contributed by atoms with Crippen molar-refractivity contribution in [2.24, 2.45) is 0 Å². The molecule has 3 aliphatic rings. The number of hydrogen-bond donors (Lipinski definition) is 0. The van der Waals surface area contributed by atoms with Crippen LogP contribution in [0.3, 0.4) is 0 Å². The van der Waals surface area contributed by atoms with E-state index in [1.165, 1.54) is 111 Å². The Morgan fingerprint density at radius 3 is 1.63 bits per heavy atom. The van der Waals surface area contributed by atoms with Gasteiger partial charge in [0, 0.05) is 23.2 Å². The molecule has 1 atom stereocenters. The minimum Gasteiger partial charge on any atom is -0.254 e. The second-order valence-electron chi connectivity index (χ2n) is 21.9. The Balaban J connectivity index is 1.02. The van der Waals surface area contributed by atoms with Gasteiger partial charge in [-0.05, 0) is 129 Å². The SMILES string of the molecule is CC(C)c1ccc2c(c1)C1(c3cc(-c4ccc(B5c6ccccc6-c6ccc7c8cccnc8c8ncccc8c7c65)cc4)ccc3-c3ccc(C(C)(C)C)cc31)c1cc(C(C)(C)C)ccc1-2. The largest absolute Gasteiger partial charge is 0.254 e. The summed E-state index contributed by atoms with van der Waals surface area (Å²) in [6.07, 6.45) is 3.78. The van der Waals surface area contributed by atoms with E-state index >= 15 is 0 Å². The summed E-state index contributed by atoms with van der Waals surface area (Å²) in [4.78, 5) is 9.81. The highest BCUT2D eigenvalue weighted by Gasteiger charge is 2.52. The maximum Gasteiger partial charge on any atom is 0.243 e. The lowest BCUT2D eigenvalue weighted by Crippen LogP contribution is -2.49. The van der Waals surface area contributed by atoms with Crippen molar-refractivity contribution >= 4 is 55.7 Å². The van der Waals surface area contributed by atoms with Crippen molar-refractivity contribution in [1.29, 1.82) is 0 Å². The fourth-order valence-electron chi connectivity index (χ4n) is 12.4. The van der Waals surface area contributed by atoms with Gasteiger partial charge in [0.2, 0.25) is 6.71 Å². The Morgan fingerprint density at radius 1 is 0.448 bits per heavy atom. The van der Waals surface area contributed by atoms with Crippen LogP contribution in [0.4, 0.5) is 0 Å². The monoisotopic (exact) mass is 860 g/mol. The normalized spacial score (nSPS) is 15.6. The summed E-state index contributed by atoms with van der Waals surface area (Å²) in [6, 6.07) is 61.2. The van der Waals surface area contributed by atoms with Gasteiger partial charge in [-0.15, -0.1) is 0 Å². The van der Waals surface area contributed by atoms with Crippen LogP contribution in [-0.4, -0.2) is 16.7 Å². The summed E-state index contributed by atoms with van der Waals surface area (Å²) in [5, 5.41) is 4.80. The molecule has 1 spiro atoms. The minimum atomic E-state index is -0.464. The van der Waals surface area contributed by atoms with Gasteiger partial charge in [0.1, 0.15) is 0 Å². The Kier molecular flexibility index (Phi) is 8.38. The van der Waals surface area contributed by atoms with Gasteiger partial charge in [-0.2, -0.15) is 0 Å². The van der Waals surface area contributed by atoms with Crippen molar-refractivity contribution in [2.45, 2.75) is 77.6 Å². The van der Waals surface area contributed by atoms with Gasteiger partial charge in [-0.25, -0.2) is 0 Å². The van der Waals surface area contributed by atoms with E-state index in [1.807, 2.05) is 18.5 Å². The van der Waals surface area contributed by atoms with Crippen LogP contribution in [0.1, 0.15) is 100 Å². The van der Waals surface area contributed by atoms with Crippen LogP contribution >= 0.6 is 0 Å². The molecule has 3 heterocycles. The third kappa shape index (κ3) is 5.58. The van der Waals surface area contributed by atoms with Gasteiger partial charge in [0.15, 0.2) is 0 Å². The molecule has 0 amide bonds. The predicted molar refractivity (Wildman–Crippen MR) is 284 cm³/mol. The second kappa shape index (κ2) is 14.0. The summed E-state index contributed by atoms with van der Waals surface area (Å²) < 4.78 is 0. The standard InChI is InChI=1S/C64H53BN2/c1-37(2)39-19-25-44-46-27-21-41(62(3,4)5)35-55(46)64(53(44)33-39)54-34-40(20-26-45(54)47-28-22-42(36-56(47)64)63(6,7)8)38-17-23-43(24-18-38)65-57-16-10-9-13-48(57)50-30-29-49-51-14-11-31-66-60(51)61-52(15-12-32-67-61)58(49)59(50)65/h9-37H,1-8H3. The van der Waals surface area contributed by atoms with Gasteiger partial charge in [-0.1, -0.05) is 211 Å². The Hall–Kier alpha value is -7.10.